The zero-order valence-electron chi connectivity index (χ0n) is 20.7. The zero-order valence-corrected chi connectivity index (χ0v) is 20.7. The summed E-state index contributed by atoms with van der Waals surface area (Å²) in [4.78, 5) is 0. The molecule has 0 amide bonds. The third-order valence-corrected chi connectivity index (χ3v) is 7.82. The summed E-state index contributed by atoms with van der Waals surface area (Å²) in [5.74, 6) is -3.36. The number of phenolic OH excluding ortho intramolecular Hbond substituents is 5. The van der Waals surface area contributed by atoms with Crippen LogP contribution in [-0.2, 0) is 12.2 Å². The molecule has 0 aliphatic carbocycles. The fourth-order valence-corrected chi connectivity index (χ4v) is 5.99. The minimum absolute atomic E-state index is 0.0107. The van der Waals surface area contributed by atoms with E-state index in [4.69, 9.17) is 14.2 Å². The Morgan fingerprint density at radius 2 is 1.30 bits per heavy atom. The van der Waals surface area contributed by atoms with Gasteiger partial charge in [-0.25, -0.2) is 0 Å². The summed E-state index contributed by atoms with van der Waals surface area (Å²) in [7, 11) is 0. The molecule has 0 spiro atoms. The van der Waals surface area contributed by atoms with Gasteiger partial charge in [0.25, 0.3) is 0 Å². The number of rotatable bonds is 2. The molecule has 7 rings (SSSR count). The average molecular weight is 545 g/mol. The Morgan fingerprint density at radius 1 is 0.675 bits per heavy atom. The molecule has 10 nitrogen and oxygen atoms in total. The number of phenols is 5. The Labute approximate surface area is 227 Å². The second-order valence-electron chi connectivity index (χ2n) is 10.2. The van der Waals surface area contributed by atoms with E-state index < -0.39 is 30.0 Å². The van der Waals surface area contributed by atoms with Gasteiger partial charge in [-0.1, -0.05) is 12.1 Å². The minimum Gasteiger partial charge on any atom is -0.508 e. The number of ether oxygens (including phenoxy) is 3. The topological polar surface area (TPSA) is 169 Å². The summed E-state index contributed by atoms with van der Waals surface area (Å²) >= 11 is 0. The monoisotopic (exact) mass is 544 g/mol. The van der Waals surface area contributed by atoms with Crippen molar-refractivity contribution < 1.29 is 50.0 Å². The largest absolute Gasteiger partial charge is 0.508 e. The van der Waals surface area contributed by atoms with Gasteiger partial charge >= 0.3 is 5.79 Å². The summed E-state index contributed by atoms with van der Waals surface area (Å²) in [5, 5.41) is 74.7. The molecule has 0 radical (unpaired) electrons. The fraction of sp³-hybridized carbons (Fsp3) is 0.200. The number of aliphatic hydroxyl groups excluding tert-OH is 2. The number of aromatic hydroxyl groups is 5. The smallest absolute Gasteiger partial charge is 0.305 e. The zero-order chi connectivity index (χ0) is 27.9. The summed E-state index contributed by atoms with van der Waals surface area (Å²) in [5.41, 5.74) is 1.69. The van der Waals surface area contributed by atoms with E-state index in [1.54, 1.807) is 12.1 Å². The summed E-state index contributed by atoms with van der Waals surface area (Å²) < 4.78 is 18.9. The summed E-state index contributed by atoms with van der Waals surface area (Å²) in [6, 6.07) is 15.8. The van der Waals surface area contributed by atoms with Crippen LogP contribution in [0, 0.1) is 0 Å². The third kappa shape index (κ3) is 3.36. The molecule has 40 heavy (non-hydrogen) atoms. The van der Waals surface area contributed by atoms with Crippen LogP contribution in [0.3, 0.4) is 0 Å². The van der Waals surface area contributed by atoms with Crippen LogP contribution in [-0.4, -0.2) is 48.0 Å². The lowest BCUT2D eigenvalue weighted by atomic mass is 9.74. The highest BCUT2D eigenvalue weighted by molar-refractivity contribution is 5.67. The van der Waals surface area contributed by atoms with E-state index in [0.717, 1.165) is 6.07 Å². The average Bonchev–Trinajstić information content (AvgIpc) is 2.90. The van der Waals surface area contributed by atoms with Crippen LogP contribution in [0.25, 0.3) is 0 Å². The van der Waals surface area contributed by atoms with Gasteiger partial charge < -0.3 is 50.0 Å². The quantitative estimate of drug-likeness (QED) is 0.199. The van der Waals surface area contributed by atoms with Gasteiger partial charge in [0, 0.05) is 46.9 Å². The van der Waals surface area contributed by atoms with E-state index >= 15 is 0 Å². The van der Waals surface area contributed by atoms with E-state index in [1.165, 1.54) is 48.5 Å². The van der Waals surface area contributed by atoms with Crippen molar-refractivity contribution in [3.8, 4) is 46.0 Å². The van der Waals surface area contributed by atoms with Crippen LogP contribution in [0.2, 0.25) is 0 Å². The minimum atomic E-state index is -1.89. The van der Waals surface area contributed by atoms with Gasteiger partial charge in [0.1, 0.15) is 58.2 Å². The summed E-state index contributed by atoms with van der Waals surface area (Å²) in [6.45, 7) is 0. The molecule has 7 N–H and O–H groups in total. The van der Waals surface area contributed by atoms with Gasteiger partial charge in [-0.15, -0.1) is 0 Å². The van der Waals surface area contributed by atoms with E-state index in [0.29, 0.717) is 22.3 Å². The van der Waals surface area contributed by atoms with Crippen molar-refractivity contribution in [1.29, 1.82) is 0 Å². The molecule has 2 bridgehead atoms. The van der Waals surface area contributed by atoms with Crippen LogP contribution in [0.5, 0.6) is 46.0 Å². The molecule has 5 atom stereocenters. The molecule has 0 saturated heterocycles. The molecule has 4 aromatic carbocycles. The van der Waals surface area contributed by atoms with Gasteiger partial charge in [0.2, 0.25) is 0 Å². The van der Waals surface area contributed by atoms with Crippen molar-refractivity contribution in [3.05, 3.63) is 94.5 Å². The van der Waals surface area contributed by atoms with Crippen molar-refractivity contribution in [2.45, 2.75) is 36.4 Å². The van der Waals surface area contributed by atoms with Crippen LogP contribution < -0.4 is 14.2 Å². The van der Waals surface area contributed by atoms with Gasteiger partial charge in [0.05, 0.1) is 12.0 Å². The van der Waals surface area contributed by atoms with Crippen LogP contribution in [0.4, 0.5) is 0 Å². The second kappa shape index (κ2) is 8.35. The first-order valence-corrected chi connectivity index (χ1v) is 12.6. The number of aliphatic hydroxyl groups is 2. The Hall–Kier alpha value is -4.80. The van der Waals surface area contributed by atoms with Crippen LogP contribution >= 0.6 is 0 Å². The SMILES string of the molecule is Oc1ccc(C2Oc3c(c(O)cc4c3C3c5c(O)cc(O)cc5O[C@@](c5ccc(O)cc5)(O4)[C@@H]3O)CC2O)cc1. The molecule has 4 aromatic rings. The molecule has 3 aliphatic heterocycles. The Balaban J connectivity index is 1.47. The Morgan fingerprint density at radius 3 is 1.98 bits per heavy atom. The lowest BCUT2D eigenvalue weighted by molar-refractivity contribution is -0.219. The second-order valence-corrected chi connectivity index (χ2v) is 10.2. The Kier molecular flexibility index (Phi) is 5.06. The maximum atomic E-state index is 11.9. The van der Waals surface area contributed by atoms with E-state index in [-0.39, 0.29) is 58.0 Å². The molecule has 0 aromatic heterocycles. The molecule has 3 aliphatic rings. The molecule has 3 unspecified atom stereocenters. The lowest BCUT2D eigenvalue weighted by Crippen LogP contribution is -2.57. The first-order chi connectivity index (χ1) is 19.2. The van der Waals surface area contributed by atoms with Crippen molar-refractivity contribution in [2.24, 2.45) is 0 Å². The van der Waals surface area contributed by atoms with Crippen LogP contribution in [0.1, 0.15) is 39.8 Å². The Bertz CT molecular complexity index is 1650. The standard InChI is InChI=1S/C30H24O10/c31-15-5-1-13(2-6-15)27-21(36)11-18-19(34)12-23-25(28(18)38-27)26-24-20(35)9-17(33)10-22(24)39-30(40-23,29(26)37)14-3-7-16(32)8-4-14/h1-10,12,21,26-27,29,31-37H,11H2/t21?,26?,27?,29-,30+/m1/s1. The van der Waals surface area contributed by atoms with Gasteiger partial charge in [-0.05, 0) is 42.0 Å². The van der Waals surface area contributed by atoms with Crippen LogP contribution in [0.15, 0.2) is 66.7 Å². The number of benzene rings is 4. The van der Waals surface area contributed by atoms with Crippen molar-refractivity contribution in [1.82, 2.24) is 0 Å². The fourth-order valence-electron chi connectivity index (χ4n) is 5.99. The number of hydrogen-bond acceptors (Lipinski definition) is 10. The first-order valence-electron chi connectivity index (χ1n) is 12.6. The van der Waals surface area contributed by atoms with Gasteiger partial charge in [-0.3, -0.25) is 0 Å². The molecule has 0 fully saturated rings. The maximum Gasteiger partial charge on any atom is 0.305 e. The van der Waals surface area contributed by atoms with Crippen molar-refractivity contribution in [3.63, 3.8) is 0 Å². The highest BCUT2D eigenvalue weighted by Crippen LogP contribution is 2.62. The predicted octanol–water partition coefficient (Wildman–Crippen LogP) is 3.38. The summed E-state index contributed by atoms with van der Waals surface area (Å²) in [6.07, 6.45) is -3.38. The number of fused-ring (bicyclic) bond motifs is 8. The van der Waals surface area contributed by atoms with E-state index in [9.17, 15) is 35.7 Å². The molecular formula is C30H24O10. The lowest BCUT2D eigenvalue weighted by Gasteiger charge is -2.50. The molecule has 3 heterocycles. The first kappa shape index (κ1) is 24.3. The molecule has 204 valence electrons. The van der Waals surface area contributed by atoms with Gasteiger partial charge in [-0.2, -0.15) is 0 Å². The normalized spacial score (nSPS) is 25.9. The van der Waals surface area contributed by atoms with Gasteiger partial charge in [0.15, 0.2) is 0 Å². The van der Waals surface area contributed by atoms with Crippen molar-refractivity contribution >= 4 is 0 Å². The third-order valence-electron chi connectivity index (χ3n) is 7.82. The highest BCUT2D eigenvalue weighted by atomic mass is 16.7. The molecule has 0 saturated carbocycles. The van der Waals surface area contributed by atoms with E-state index in [1.807, 2.05) is 0 Å². The molecular weight excluding hydrogens is 520 g/mol. The van der Waals surface area contributed by atoms with E-state index in [2.05, 4.69) is 0 Å². The molecule has 10 heteroatoms. The maximum absolute atomic E-state index is 11.9. The highest BCUT2D eigenvalue weighted by Gasteiger charge is 2.60. The van der Waals surface area contributed by atoms with Crippen molar-refractivity contribution in [2.75, 3.05) is 0 Å². The number of hydrogen-bond donors (Lipinski definition) is 7. The predicted molar refractivity (Wildman–Crippen MR) is 138 cm³/mol.